The fourth-order valence-electron chi connectivity index (χ4n) is 3.60. The quantitative estimate of drug-likeness (QED) is 0.585. The van der Waals surface area contributed by atoms with E-state index in [9.17, 15) is 4.79 Å². The third-order valence-electron chi connectivity index (χ3n) is 4.74. The van der Waals surface area contributed by atoms with Crippen LogP contribution in [0.4, 0.5) is 0 Å². The lowest BCUT2D eigenvalue weighted by Crippen LogP contribution is -2.34. The zero-order valence-corrected chi connectivity index (χ0v) is 8.31. The molecule has 0 saturated heterocycles. The van der Waals surface area contributed by atoms with Crippen LogP contribution in [0.15, 0.2) is 0 Å². The minimum Gasteiger partial charge on any atom is -0.299 e. The van der Waals surface area contributed by atoms with Crippen LogP contribution in [0.2, 0.25) is 0 Å². The number of ketones is 1. The van der Waals surface area contributed by atoms with Crippen molar-refractivity contribution in [1.82, 2.24) is 0 Å². The molecule has 0 aromatic rings. The van der Waals surface area contributed by atoms with Gasteiger partial charge in [0, 0.05) is 11.8 Å². The van der Waals surface area contributed by atoms with Gasteiger partial charge < -0.3 is 0 Å². The van der Waals surface area contributed by atoms with Gasteiger partial charge in [0.2, 0.25) is 0 Å². The van der Waals surface area contributed by atoms with Crippen LogP contribution in [0.1, 0.15) is 46.5 Å². The highest BCUT2D eigenvalue weighted by Gasteiger charge is 2.62. The summed E-state index contributed by atoms with van der Waals surface area (Å²) in [5.41, 5.74) is 0.358. The van der Waals surface area contributed by atoms with Crippen LogP contribution in [0.25, 0.3) is 0 Å². The summed E-state index contributed by atoms with van der Waals surface area (Å²) in [5.74, 6) is 1.23. The first-order valence-electron chi connectivity index (χ1n) is 5.08. The normalized spacial score (nSPS) is 43.9. The molecule has 0 amide bonds. The zero-order chi connectivity index (χ0) is 8.98. The minimum atomic E-state index is 0.0671. The van der Waals surface area contributed by atoms with Gasteiger partial charge in [-0.15, -0.1) is 0 Å². The summed E-state index contributed by atoms with van der Waals surface area (Å²) in [4.78, 5) is 11.8. The van der Waals surface area contributed by atoms with Gasteiger partial charge in [-0.2, -0.15) is 0 Å². The Morgan fingerprint density at radius 1 is 1.50 bits per heavy atom. The lowest BCUT2D eigenvalue weighted by Gasteiger charge is -2.35. The second kappa shape index (κ2) is 2.12. The summed E-state index contributed by atoms with van der Waals surface area (Å²) in [6.07, 6.45) is 4.35. The standard InChI is InChI=1S/C11H18O/c1-4-11-6-5-8(7-9(11)12)10(11,2)3/h8H,4-7H2,1-3H3/t8?,11-/m1/s1. The van der Waals surface area contributed by atoms with E-state index in [1.807, 2.05) is 0 Å². The van der Waals surface area contributed by atoms with E-state index in [2.05, 4.69) is 20.8 Å². The van der Waals surface area contributed by atoms with E-state index in [1.165, 1.54) is 6.42 Å². The van der Waals surface area contributed by atoms with Gasteiger partial charge in [0.15, 0.2) is 0 Å². The molecule has 2 aliphatic rings. The maximum Gasteiger partial charge on any atom is 0.139 e. The number of fused-ring (bicyclic) bond motifs is 2. The topological polar surface area (TPSA) is 17.1 Å². The molecule has 0 heterocycles. The van der Waals surface area contributed by atoms with E-state index in [0.29, 0.717) is 17.1 Å². The molecule has 0 N–H and O–H groups in total. The molecular formula is C11H18O. The molecule has 1 unspecified atom stereocenters. The predicted octanol–water partition coefficient (Wildman–Crippen LogP) is 2.79. The summed E-state index contributed by atoms with van der Waals surface area (Å²) in [7, 11) is 0. The number of carbonyl (C=O) groups excluding carboxylic acids is 1. The molecular weight excluding hydrogens is 148 g/mol. The molecule has 2 atom stereocenters. The van der Waals surface area contributed by atoms with Crippen LogP contribution in [-0.4, -0.2) is 5.78 Å². The largest absolute Gasteiger partial charge is 0.299 e. The average Bonchev–Trinajstić information content (AvgIpc) is 2.36. The van der Waals surface area contributed by atoms with Crippen molar-refractivity contribution in [2.24, 2.45) is 16.7 Å². The van der Waals surface area contributed by atoms with Gasteiger partial charge in [-0.3, -0.25) is 4.79 Å². The van der Waals surface area contributed by atoms with E-state index in [1.54, 1.807) is 0 Å². The minimum absolute atomic E-state index is 0.0671. The highest BCUT2D eigenvalue weighted by Crippen LogP contribution is 2.65. The van der Waals surface area contributed by atoms with E-state index in [4.69, 9.17) is 0 Å². The number of carbonyl (C=O) groups is 1. The molecule has 2 fully saturated rings. The maximum atomic E-state index is 11.8. The van der Waals surface area contributed by atoms with Crippen molar-refractivity contribution in [3.63, 3.8) is 0 Å². The first kappa shape index (κ1) is 8.28. The molecule has 2 saturated carbocycles. The molecule has 0 aromatic heterocycles. The molecule has 1 heteroatoms. The number of rotatable bonds is 1. The highest BCUT2D eigenvalue weighted by atomic mass is 16.1. The van der Waals surface area contributed by atoms with Crippen molar-refractivity contribution in [3.8, 4) is 0 Å². The average molecular weight is 166 g/mol. The maximum absolute atomic E-state index is 11.8. The summed E-state index contributed by atoms with van der Waals surface area (Å²) in [5, 5.41) is 0. The van der Waals surface area contributed by atoms with Crippen LogP contribution >= 0.6 is 0 Å². The van der Waals surface area contributed by atoms with Crippen molar-refractivity contribution in [1.29, 1.82) is 0 Å². The smallest absolute Gasteiger partial charge is 0.139 e. The van der Waals surface area contributed by atoms with Crippen molar-refractivity contribution < 1.29 is 4.79 Å². The Morgan fingerprint density at radius 2 is 2.17 bits per heavy atom. The Morgan fingerprint density at radius 3 is 2.42 bits per heavy atom. The number of Topliss-reactive ketones (excluding diaryl/α,β-unsaturated/α-hetero) is 1. The fraction of sp³-hybridized carbons (Fsp3) is 0.909. The van der Waals surface area contributed by atoms with E-state index in [0.717, 1.165) is 19.3 Å². The first-order valence-corrected chi connectivity index (χ1v) is 5.08. The van der Waals surface area contributed by atoms with E-state index in [-0.39, 0.29) is 5.41 Å². The van der Waals surface area contributed by atoms with Gasteiger partial charge in [-0.25, -0.2) is 0 Å². The van der Waals surface area contributed by atoms with Crippen LogP contribution in [0.3, 0.4) is 0 Å². The summed E-state index contributed by atoms with van der Waals surface area (Å²) in [6.45, 7) is 6.76. The second-order valence-corrected chi connectivity index (χ2v) is 5.02. The summed E-state index contributed by atoms with van der Waals surface area (Å²) >= 11 is 0. The second-order valence-electron chi connectivity index (χ2n) is 5.02. The van der Waals surface area contributed by atoms with Crippen LogP contribution in [-0.2, 0) is 4.79 Å². The van der Waals surface area contributed by atoms with Gasteiger partial charge >= 0.3 is 0 Å². The SMILES string of the molecule is CC[C@@]12CCC(CC1=O)C2(C)C. The Labute approximate surface area is 74.5 Å². The lowest BCUT2D eigenvalue weighted by atomic mass is 9.67. The van der Waals surface area contributed by atoms with Crippen molar-refractivity contribution in [3.05, 3.63) is 0 Å². The van der Waals surface area contributed by atoms with E-state index >= 15 is 0 Å². The molecule has 0 aromatic carbocycles. The van der Waals surface area contributed by atoms with Gasteiger partial charge in [0.1, 0.15) is 5.78 Å². The van der Waals surface area contributed by atoms with Crippen molar-refractivity contribution in [2.45, 2.75) is 46.5 Å². The monoisotopic (exact) mass is 166 g/mol. The van der Waals surface area contributed by atoms with Crippen molar-refractivity contribution in [2.75, 3.05) is 0 Å². The molecule has 68 valence electrons. The highest BCUT2D eigenvalue weighted by molar-refractivity contribution is 5.89. The molecule has 2 bridgehead atoms. The fourth-order valence-corrected chi connectivity index (χ4v) is 3.60. The summed E-state index contributed by atoms with van der Waals surface area (Å²) in [6, 6.07) is 0. The molecule has 0 spiro atoms. The lowest BCUT2D eigenvalue weighted by molar-refractivity contribution is -0.129. The molecule has 0 aliphatic heterocycles. The molecule has 2 rings (SSSR count). The van der Waals surface area contributed by atoms with Crippen LogP contribution in [0, 0.1) is 16.7 Å². The zero-order valence-electron chi connectivity index (χ0n) is 8.31. The first-order chi connectivity index (χ1) is 5.54. The van der Waals surface area contributed by atoms with Gasteiger partial charge in [0.25, 0.3) is 0 Å². The van der Waals surface area contributed by atoms with Gasteiger partial charge in [-0.05, 0) is 30.6 Å². The molecule has 12 heavy (non-hydrogen) atoms. The Kier molecular flexibility index (Phi) is 1.47. The molecule has 2 aliphatic carbocycles. The third-order valence-corrected chi connectivity index (χ3v) is 4.74. The Bertz CT molecular complexity index is 229. The van der Waals surface area contributed by atoms with Crippen LogP contribution < -0.4 is 0 Å². The summed E-state index contributed by atoms with van der Waals surface area (Å²) < 4.78 is 0. The van der Waals surface area contributed by atoms with Crippen LogP contribution in [0.5, 0.6) is 0 Å². The van der Waals surface area contributed by atoms with E-state index < -0.39 is 0 Å². The van der Waals surface area contributed by atoms with Gasteiger partial charge in [0.05, 0.1) is 0 Å². The number of hydrogen-bond donors (Lipinski definition) is 0. The third kappa shape index (κ3) is 0.641. The van der Waals surface area contributed by atoms with Crippen molar-refractivity contribution >= 4 is 5.78 Å². The Balaban J connectivity index is 2.46. The predicted molar refractivity (Wildman–Crippen MR) is 48.9 cm³/mol. The van der Waals surface area contributed by atoms with Gasteiger partial charge in [-0.1, -0.05) is 20.8 Å². The Hall–Kier alpha value is -0.330. The number of hydrogen-bond acceptors (Lipinski definition) is 1. The molecule has 0 radical (unpaired) electrons. The molecule has 1 nitrogen and oxygen atoms in total.